The average molecular weight is 286 g/mol. The first-order valence-corrected chi connectivity index (χ1v) is 6.13. The molecule has 1 aromatic carbocycles. The fourth-order valence-electron chi connectivity index (χ4n) is 2.26. The Morgan fingerprint density at radius 2 is 1.80 bits per heavy atom. The third kappa shape index (κ3) is 2.76. The van der Waals surface area contributed by atoms with Gasteiger partial charge in [0.05, 0.1) is 5.92 Å². The zero-order chi connectivity index (χ0) is 14.9. The lowest BCUT2D eigenvalue weighted by atomic mass is 9.97. The van der Waals surface area contributed by atoms with Crippen LogP contribution in [0.5, 0.6) is 0 Å². The van der Waals surface area contributed by atoms with Gasteiger partial charge >= 0.3 is 0 Å². The Morgan fingerprint density at radius 3 is 2.35 bits per heavy atom. The Balaban J connectivity index is 2.21. The number of nitrogens with two attached hydrogens (primary N) is 1. The molecule has 1 fully saturated rings. The predicted octanol–water partition coefficient (Wildman–Crippen LogP) is 1.44. The van der Waals surface area contributed by atoms with Crippen LogP contribution in [-0.4, -0.2) is 29.8 Å². The molecule has 0 saturated carbocycles. The van der Waals surface area contributed by atoms with Crippen molar-refractivity contribution in [3.63, 3.8) is 0 Å². The summed E-state index contributed by atoms with van der Waals surface area (Å²) in [5, 5.41) is 0. The highest BCUT2D eigenvalue weighted by atomic mass is 19.2. The van der Waals surface area contributed by atoms with E-state index in [1.165, 1.54) is 4.90 Å². The first-order valence-electron chi connectivity index (χ1n) is 6.13. The molecule has 4 nitrogen and oxygen atoms in total. The molecule has 1 unspecified atom stereocenters. The summed E-state index contributed by atoms with van der Waals surface area (Å²) < 4.78 is 39.1. The van der Waals surface area contributed by atoms with Crippen LogP contribution in [0.4, 0.5) is 13.2 Å². The second-order valence-electron chi connectivity index (χ2n) is 4.75. The van der Waals surface area contributed by atoms with Crippen molar-refractivity contribution in [1.82, 2.24) is 4.90 Å². The minimum absolute atomic E-state index is 0.106. The molecule has 2 amide bonds. The van der Waals surface area contributed by atoms with E-state index in [-0.39, 0.29) is 12.1 Å². The largest absolute Gasteiger partial charge is 0.369 e. The van der Waals surface area contributed by atoms with Gasteiger partial charge in [0.2, 0.25) is 5.91 Å². The molecule has 0 aliphatic carbocycles. The van der Waals surface area contributed by atoms with Gasteiger partial charge < -0.3 is 10.6 Å². The zero-order valence-corrected chi connectivity index (χ0v) is 10.5. The number of nitrogens with zero attached hydrogens (tertiary/aromatic N) is 1. The van der Waals surface area contributed by atoms with Gasteiger partial charge in [-0.2, -0.15) is 0 Å². The third-order valence-corrected chi connectivity index (χ3v) is 3.34. The van der Waals surface area contributed by atoms with E-state index in [0.717, 1.165) is 0 Å². The maximum absolute atomic E-state index is 13.1. The zero-order valence-electron chi connectivity index (χ0n) is 10.5. The van der Waals surface area contributed by atoms with Crippen LogP contribution in [0.15, 0.2) is 12.1 Å². The topological polar surface area (TPSA) is 63.4 Å². The van der Waals surface area contributed by atoms with Crippen molar-refractivity contribution in [2.24, 2.45) is 11.7 Å². The summed E-state index contributed by atoms with van der Waals surface area (Å²) in [5.74, 6) is -6.08. The van der Waals surface area contributed by atoms with E-state index in [2.05, 4.69) is 0 Å². The molecule has 2 rings (SSSR count). The van der Waals surface area contributed by atoms with Crippen molar-refractivity contribution >= 4 is 11.8 Å². The molecule has 1 saturated heterocycles. The SMILES string of the molecule is NC(=O)C1CCCN(C(=O)c2cc(F)c(F)c(F)c2)C1. The fraction of sp³-hybridized carbons (Fsp3) is 0.385. The van der Waals surface area contributed by atoms with Gasteiger partial charge in [-0.25, -0.2) is 13.2 Å². The van der Waals surface area contributed by atoms with Gasteiger partial charge in [-0.05, 0) is 25.0 Å². The maximum atomic E-state index is 13.1. The summed E-state index contributed by atoms with van der Waals surface area (Å²) in [6.45, 7) is 0.470. The Morgan fingerprint density at radius 1 is 1.20 bits per heavy atom. The average Bonchev–Trinajstić information content (AvgIpc) is 2.43. The monoisotopic (exact) mass is 286 g/mol. The van der Waals surface area contributed by atoms with Crippen LogP contribution in [0.1, 0.15) is 23.2 Å². The van der Waals surface area contributed by atoms with Gasteiger partial charge in [-0.15, -0.1) is 0 Å². The number of rotatable bonds is 2. The molecule has 0 radical (unpaired) electrons. The second kappa shape index (κ2) is 5.52. The third-order valence-electron chi connectivity index (χ3n) is 3.34. The van der Waals surface area contributed by atoms with Crippen LogP contribution in [0, 0.1) is 23.4 Å². The van der Waals surface area contributed by atoms with E-state index >= 15 is 0 Å². The van der Waals surface area contributed by atoms with Crippen molar-refractivity contribution in [2.75, 3.05) is 13.1 Å². The van der Waals surface area contributed by atoms with Gasteiger partial charge in [0.15, 0.2) is 17.5 Å². The first kappa shape index (κ1) is 14.4. The maximum Gasteiger partial charge on any atom is 0.254 e. The van der Waals surface area contributed by atoms with Gasteiger partial charge in [0, 0.05) is 18.7 Å². The van der Waals surface area contributed by atoms with Crippen molar-refractivity contribution in [2.45, 2.75) is 12.8 Å². The summed E-state index contributed by atoms with van der Waals surface area (Å²) >= 11 is 0. The molecular formula is C13H13F3N2O2. The molecule has 1 aliphatic rings. The Kier molecular flexibility index (Phi) is 3.96. The quantitative estimate of drug-likeness (QED) is 0.836. The van der Waals surface area contributed by atoms with Crippen molar-refractivity contribution < 1.29 is 22.8 Å². The number of halogens is 3. The Labute approximate surface area is 113 Å². The summed E-state index contributed by atoms with van der Waals surface area (Å²) in [5.41, 5.74) is 4.90. The van der Waals surface area contributed by atoms with Crippen LogP contribution in [0.25, 0.3) is 0 Å². The van der Waals surface area contributed by atoms with Gasteiger partial charge in [-0.3, -0.25) is 9.59 Å². The number of hydrogen-bond acceptors (Lipinski definition) is 2. The van der Waals surface area contributed by atoms with Crippen molar-refractivity contribution in [3.05, 3.63) is 35.1 Å². The van der Waals surface area contributed by atoms with Gasteiger partial charge in [0.25, 0.3) is 5.91 Å². The minimum atomic E-state index is -1.62. The van der Waals surface area contributed by atoms with Gasteiger partial charge in [0.1, 0.15) is 0 Å². The number of piperidine rings is 1. The molecule has 1 aromatic rings. The van der Waals surface area contributed by atoms with Gasteiger partial charge in [-0.1, -0.05) is 0 Å². The lowest BCUT2D eigenvalue weighted by molar-refractivity contribution is -0.123. The molecule has 108 valence electrons. The molecule has 1 heterocycles. The number of carbonyl (C=O) groups is 2. The van der Waals surface area contributed by atoms with Crippen LogP contribution in [-0.2, 0) is 4.79 Å². The van der Waals surface area contributed by atoms with Crippen LogP contribution >= 0.6 is 0 Å². The molecule has 0 bridgehead atoms. The van der Waals surface area contributed by atoms with E-state index in [0.29, 0.717) is 31.5 Å². The second-order valence-corrected chi connectivity index (χ2v) is 4.75. The standard InChI is InChI=1S/C13H13F3N2O2/c14-9-4-8(5-10(15)11(9)16)13(20)18-3-1-2-7(6-18)12(17)19/h4-5,7H,1-3,6H2,(H2,17,19). The normalized spacial score (nSPS) is 18.9. The lowest BCUT2D eigenvalue weighted by Crippen LogP contribution is -2.44. The summed E-state index contributed by atoms with van der Waals surface area (Å²) in [6, 6.07) is 1.29. The molecule has 20 heavy (non-hydrogen) atoms. The minimum Gasteiger partial charge on any atom is -0.369 e. The van der Waals surface area contributed by atoms with Crippen molar-refractivity contribution in [3.8, 4) is 0 Å². The van der Waals surface area contributed by atoms with E-state index in [9.17, 15) is 22.8 Å². The Hall–Kier alpha value is -2.05. The van der Waals surface area contributed by atoms with E-state index in [1.54, 1.807) is 0 Å². The summed E-state index contributed by atoms with van der Waals surface area (Å²) in [7, 11) is 0. The van der Waals surface area contributed by atoms with E-state index in [4.69, 9.17) is 5.73 Å². The number of primary amides is 1. The molecule has 2 N–H and O–H groups in total. The van der Waals surface area contributed by atoms with E-state index < -0.39 is 35.2 Å². The number of likely N-dealkylation sites (tertiary alicyclic amines) is 1. The smallest absolute Gasteiger partial charge is 0.254 e. The van der Waals surface area contributed by atoms with Crippen LogP contribution in [0.3, 0.4) is 0 Å². The first-order chi connectivity index (χ1) is 9.40. The highest BCUT2D eigenvalue weighted by Gasteiger charge is 2.28. The molecule has 1 atom stereocenters. The summed E-state index contributed by atoms with van der Waals surface area (Å²) in [6.07, 6.45) is 1.15. The fourth-order valence-corrected chi connectivity index (χ4v) is 2.26. The molecule has 0 spiro atoms. The molecule has 7 heteroatoms. The number of hydrogen-bond donors (Lipinski definition) is 1. The number of amides is 2. The van der Waals surface area contributed by atoms with E-state index in [1.807, 2.05) is 0 Å². The molecule has 0 aromatic heterocycles. The highest BCUT2D eigenvalue weighted by Crippen LogP contribution is 2.20. The Bertz CT molecular complexity index is 540. The molecular weight excluding hydrogens is 273 g/mol. The lowest BCUT2D eigenvalue weighted by Gasteiger charge is -2.31. The molecule has 1 aliphatic heterocycles. The van der Waals surface area contributed by atoms with Crippen LogP contribution < -0.4 is 5.73 Å². The predicted molar refractivity (Wildman–Crippen MR) is 64.1 cm³/mol. The number of carbonyl (C=O) groups excluding carboxylic acids is 2. The summed E-state index contributed by atoms with van der Waals surface area (Å²) in [4.78, 5) is 24.5. The van der Waals surface area contributed by atoms with Crippen LogP contribution in [0.2, 0.25) is 0 Å². The van der Waals surface area contributed by atoms with Crippen molar-refractivity contribution in [1.29, 1.82) is 0 Å². The highest BCUT2D eigenvalue weighted by molar-refractivity contribution is 5.94. The number of benzene rings is 1.